The third-order valence-electron chi connectivity index (χ3n) is 0. The molecule has 0 aliphatic rings. The third-order valence-corrected chi connectivity index (χ3v) is 0. The molecular weight excluding hydrogens is 76.0 g/mol. The summed E-state index contributed by atoms with van der Waals surface area (Å²) in [4.78, 5) is 8.56. The van der Waals surface area contributed by atoms with Crippen LogP contribution >= 0.6 is 0 Å². The standard InChI is InChI=1S/CH2O3.O/c2-1(3)4;/h(H2,2,3,4);. The number of hydrogen-bond donors (Lipinski definition) is 2. The van der Waals surface area contributed by atoms with Crippen molar-refractivity contribution >= 4 is 6.16 Å². The molecule has 0 amide bonds. The molecule has 2 N–H and O–H groups in total. The number of rotatable bonds is 0. The van der Waals surface area contributed by atoms with Crippen molar-refractivity contribution in [3.63, 3.8) is 0 Å². The van der Waals surface area contributed by atoms with Gasteiger partial charge in [-0.15, -0.1) is 0 Å². The summed E-state index contributed by atoms with van der Waals surface area (Å²) in [6.45, 7) is 0. The molecule has 4 heteroatoms. The van der Waals surface area contributed by atoms with Crippen LogP contribution in [0.4, 0.5) is 4.79 Å². The average molecular weight is 78.0 g/mol. The first-order valence-corrected chi connectivity index (χ1v) is 0.651. The van der Waals surface area contributed by atoms with E-state index in [1.807, 2.05) is 0 Å². The fraction of sp³-hybridized carbons (Fsp3) is 0. The molecule has 0 saturated heterocycles. The fourth-order valence-corrected chi connectivity index (χ4v) is 0. The van der Waals surface area contributed by atoms with Crippen LogP contribution in [0.2, 0.25) is 0 Å². The van der Waals surface area contributed by atoms with Gasteiger partial charge in [-0.2, -0.15) is 0 Å². The molecule has 30 valence electrons. The van der Waals surface area contributed by atoms with Gasteiger partial charge in [0, 0.05) is 5.48 Å². The van der Waals surface area contributed by atoms with Crippen molar-refractivity contribution in [2.75, 3.05) is 0 Å². The van der Waals surface area contributed by atoms with Gasteiger partial charge >= 0.3 is 6.16 Å². The van der Waals surface area contributed by atoms with Crippen LogP contribution in [0.5, 0.6) is 0 Å². The number of carboxylic acid groups (broad SMARTS) is 2. The van der Waals surface area contributed by atoms with Crippen LogP contribution < -0.4 is 0 Å². The molecule has 0 aromatic rings. The first kappa shape index (κ1) is 8.87. The van der Waals surface area contributed by atoms with E-state index < -0.39 is 6.16 Å². The minimum atomic E-state index is -1.83. The van der Waals surface area contributed by atoms with Crippen LogP contribution in [0.1, 0.15) is 0 Å². The summed E-state index contributed by atoms with van der Waals surface area (Å²) in [6.07, 6.45) is -1.83. The van der Waals surface area contributed by atoms with Crippen molar-refractivity contribution < 1.29 is 20.5 Å². The maximum atomic E-state index is 8.56. The Balaban J connectivity index is 0. The summed E-state index contributed by atoms with van der Waals surface area (Å²) >= 11 is 0. The van der Waals surface area contributed by atoms with Gasteiger partial charge in [-0.05, 0) is 0 Å². The lowest BCUT2D eigenvalue weighted by molar-refractivity contribution is 0.137. The van der Waals surface area contributed by atoms with Gasteiger partial charge in [0.15, 0.2) is 0 Å². The topological polar surface area (TPSA) is 86.0 Å². The van der Waals surface area contributed by atoms with E-state index in [1.165, 1.54) is 0 Å². The van der Waals surface area contributed by atoms with Crippen molar-refractivity contribution in [1.29, 1.82) is 0 Å². The molecule has 0 spiro atoms. The van der Waals surface area contributed by atoms with Crippen LogP contribution in [-0.2, 0) is 5.48 Å². The van der Waals surface area contributed by atoms with Gasteiger partial charge in [0.1, 0.15) is 0 Å². The molecule has 0 aliphatic heterocycles. The Labute approximate surface area is 28.0 Å². The highest BCUT2D eigenvalue weighted by molar-refractivity contribution is 5.53. The summed E-state index contributed by atoms with van der Waals surface area (Å²) in [5.74, 6) is 0. The van der Waals surface area contributed by atoms with E-state index in [0.29, 0.717) is 0 Å². The molecule has 0 aromatic heterocycles. The zero-order chi connectivity index (χ0) is 3.58. The van der Waals surface area contributed by atoms with Crippen molar-refractivity contribution in [1.82, 2.24) is 0 Å². The molecule has 0 aliphatic carbocycles. The van der Waals surface area contributed by atoms with Crippen molar-refractivity contribution in [2.45, 2.75) is 0 Å². The van der Waals surface area contributed by atoms with Gasteiger partial charge in [-0.1, -0.05) is 0 Å². The normalized spacial score (nSPS) is 4.80. The van der Waals surface area contributed by atoms with E-state index in [9.17, 15) is 0 Å². The summed E-state index contributed by atoms with van der Waals surface area (Å²) in [5.41, 5.74) is 0. The highest BCUT2D eigenvalue weighted by Gasteiger charge is 1.70. The largest absolute Gasteiger partial charge is 0.503 e. The Hall–Kier alpha value is -0.770. The molecule has 5 heavy (non-hydrogen) atoms. The molecular formula is CH2O4. The first-order chi connectivity index (χ1) is 1.73. The zero-order valence-electron chi connectivity index (χ0n) is 2.21. The maximum absolute atomic E-state index is 8.56. The molecule has 4 nitrogen and oxygen atoms in total. The van der Waals surface area contributed by atoms with E-state index in [4.69, 9.17) is 15.0 Å². The highest BCUT2D eigenvalue weighted by atomic mass is 16.6. The van der Waals surface area contributed by atoms with Crippen molar-refractivity contribution in [2.24, 2.45) is 0 Å². The average Bonchev–Trinajstić information content (AvgIpc) is 0.811. The van der Waals surface area contributed by atoms with Gasteiger partial charge in [-0.25, -0.2) is 4.79 Å². The minimum absolute atomic E-state index is 0. The number of hydrogen-bond acceptors (Lipinski definition) is 1. The second-order valence-corrected chi connectivity index (χ2v) is 0.283. The molecule has 0 bridgehead atoms. The first-order valence-electron chi connectivity index (χ1n) is 0.651. The van der Waals surface area contributed by atoms with Gasteiger partial charge < -0.3 is 10.2 Å². The van der Waals surface area contributed by atoms with Gasteiger partial charge in [0.05, 0.1) is 0 Å². The van der Waals surface area contributed by atoms with Crippen LogP contribution in [0.3, 0.4) is 0 Å². The summed E-state index contributed by atoms with van der Waals surface area (Å²) in [7, 11) is 0. The van der Waals surface area contributed by atoms with E-state index >= 15 is 0 Å². The molecule has 0 rings (SSSR count). The van der Waals surface area contributed by atoms with E-state index in [0.717, 1.165) is 0 Å². The third kappa shape index (κ3) is 8.24. The van der Waals surface area contributed by atoms with Crippen molar-refractivity contribution in [3.8, 4) is 0 Å². The lowest BCUT2D eigenvalue weighted by atomic mass is 11.5. The smallest absolute Gasteiger partial charge is 0.450 e. The summed E-state index contributed by atoms with van der Waals surface area (Å²) in [5, 5.41) is 13.9. The van der Waals surface area contributed by atoms with Gasteiger partial charge in [-0.3, -0.25) is 0 Å². The number of carbonyl (C=O) groups is 1. The molecule has 0 heterocycles. The SMILES string of the molecule is O=C(O)O.[O]. The Morgan fingerprint density at radius 1 is 1.40 bits per heavy atom. The Bertz CT molecular complexity index is 26.6. The van der Waals surface area contributed by atoms with Crippen LogP contribution in [0, 0.1) is 0 Å². The van der Waals surface area contributed by atoms with E-state index in [-0.39, 0.29) is 5.48 Å². The van der Waals surface area contributed by atoms with Crippen LogP contribution in [-0.4, -0.2) is 16.4 Å². The molecule has 0 atom stereocenters. The minimum Gasteiger partial charge on any atom is -0.450 e. The second-order valence-electron chi connectivity index (χ2n) is 0.283. The second kappa shape index (κ2) is 3.23. The predicted molar refractivity (Wildman–Crippen MR) is 11.3 cm³/mol. The monoisotopic (exact) mass is 78.0 g/mol. The fourth-order valence-electron chi connectivity index (χ4n) is 0. The summed E-state index contributed by atoms with van der Waals surface area (Å²) in [6, 6.07) is 0. The molecule has 0 saturated carbocycles. The highest BCUT2D eigenvalue weighted by Crippen LogP contribution is 1.42. The van der Waals surface area contributed by atoms with E-state index in [2.05, 4.69) is 0 Å². The Morgan fingerprint density at radius 2 is 1.40 bits per heavy atom. The maximum Gasteiger partial charge on any atom is 0.503 e. The summed E-state index contributed by atoms with van der Waals surface area (Å²) < 4.78 is 0. The molecule has 0 unspecified atom stereocenters. The van der Waals surface area contributed by atoms with E-state index in [1.54, 1.807) is 0 Å². The molecule has 2 radical (unpaired) electrons. The quantitative estimate of drug-likeness (QED) is 0.431. The van der Waals surface area contributed by atoms with Crippen molar-refractivity contribution in [3.05, 3.63) is 0 Å². The van der Waals surface area contributed by atoms with Crippen LogP contribution in [0.25, 0.3) is 0 Å². The predicted octanol–water partition coefficient (Wildman–Crippen LogP) is 0.104. The van der Waals surface area contributed by atoms with Gasteiger partial charge in [0.25, 0.3) is 0 Å². The van der Waals surface area contributed by atoms with Crippen LogP contribution in [0.15, 0.2) is 0 Å². The van der Waals surface area contributed by atoms with Gasteiger partial charge in [0.2, 0.25) is 0 Å². The molecule has 0 fully saturated rings. The Kier molecular flexibility index (Phi) is 5.73. The lowest BCUT2D eigenvalue weighted by Crippen LogP contribution is -1.81. The molecule has 0 aromatic carbocycles. The lowest BCUT2D eigenvalue weighted by Gasteiger charge is -1.60. The Morgan fingerprint density at radius 3 is 1.40 bits per heavy atom. The zero-order valence-corrected chi connectivity index (χ0v) is 2.21.